The van der Waals surface area contributed by atoms with Crippen LogP contribution in [-0.2, 0) is 17.3 Å². The van der Waals surface area contributed by atoms with Crippen LogP contribution in [0.15, 0.2) is 36.4 Å². The van der Waals surface area contributed by atoms with Gasteiger partial charge in [-0.25, -0.2) is 0 Å². The minimum atomic E-state index is -0.210. The Labute approximate surface area is 205 Å². The molecular weight excluding hydrogens is 444 g/mol. The van der Waals surface area contributed by atoms with Crippen LogP contribution >= 0.6 is 11.3 Å². The number of carbonyl (C=O) groups excluding carboxylic acids is 2. The summed E-state index contributed by atoms with van der Waals surface area (Å²) in [6.45, 7) is 15.8. The van der Waals surface area contributed by atoms with Crippen molar-refractivity contribution in [3.05, 3.63) is 69.5 Å². The van der Waals surface area contributed by atoms with Crippen LogP contribution in [-0.4, -0.2) is 33.5 Å². The van der Waals surface area contributed by atoms with Crippen molar-refractivity contribution in [3.63, 3.8) is 0 Å². The average Bonchev–Trinajstić information content (AvgIpc) is 3.31. The van der Waals surface area contributed by atoms with Gasteiger partial charge in [-0.2, -0.15) is 4.57 Å². The van der Waals surface area contributed by atoms with Crippen LogP contribution < -0.4 is 4.57 Å². The summed E-state index contributed by atoms with van der Waals surface area (Å²) in [6.07, 6.45) is 1.31. The summed E-state index contributed by atoms with van der Waals surface area (Å²) < 4.78 is 2.26. The van der Waals surface area contributed by atoms with E-state index < -0.39 is 0 Å². The van der Waals surface area contributed by atoms with Gasteiger partial charge in [0.25, 0.3) is 11.8 Å². The number of carbonyl (C=O) groups is 2. The molecule has 0 spiro atoms. The Morgan fingerprint density at radius 2 is 1.41 bits per heavy atom. The predicted octanol–water partition coefficient (Wildman–Crippen LogP) is 4.95. The van der Waals surface area contributed by atoms with Crippen LogP contribution in [0.5, 0.6) is 0 Å². The highest BCUT2D eigenvalue weighted by atomic mass is 32.1. The van der Waals surface area contributed by atoms with E-state index in [1.165, 1.54) is 21.9 Å². The molecule has 0 unspecified atom stereocenters. The lowest BCUT2D eigenvalue weighted by Crippen LogP contribution is -2.48. The molecule has 2 amide bonds. The Morgan fingerprint density at radius 3 is 1.91 bits per heavy atom. The lowest BCUT2D eigenvalue weighted by Gasteiger charge is -2.26. The number of nitrogens with zero attached hydrogens (tertiary/aromatic N) is 4. The first-order chi connectivity index (χ1) is 15.9. The fourth-order valence-electron chi connectivity index (χ4n) is 4.31. The summed E-state index contributed by atoms with van der Waals surface area (Å²) in [5.74, 6) is -0.420. The van der Waals surface area contributed by atoms with Gasteiger partial charge in [-0.05, 0) is 59.6 Å². The van der Waals surface area contributed by atoms with E-state index in [0.717, 1.165) is 10.1 Å². The van der Waals surface area contributed by atoms with Crippen molar-refractivity contribution in [3.8, 4) is 5.13 Å². The summed E-state index contributed by atoms with van der Waals surface area (Å²) in [4.78, 5) is 26.6. The van der Waals surface area contributed by atoms with E-state index in [1.807, 2.05) is 0 Å². The van der Waals surface area contributed by atoms with E-state index in [1.54, 1.807) is 35.6 Å². The number of aryl methyl sites for hydroxylation is 2. The van der Waals surface area contributed by atoms with E-state index in [4.69, 9.17) is 0 Å². The van der Waals surface area contributed by atoms with Crippen molar-refractivity contribution in [1.29, 1.82) is 0 Å². The molecule has 3 heterocycles. The summed E-state index contributed by atoms with van der Waals surface area (Å²) >= 11 is 1.58. The monoisotopic (exact) mass is 477 g/mol. The summed E-state index contributed by atoms with van der Waals surface area (Å²) in [7, 11) is 0. The quantitative estimate of drug-likeness (QED) is 0.385. The molecule has 0 atom stereocenters. The van der Waals surface area contributed by atoms with Crippen LogP contribution in [0.4, 0.5) is 0 Å². The second-order valence-corrected chi connectivity index (χ2v) is 12.1. The number of amides is 2. The van der Waals surface area contributed by atoms with Crippen LogP contribution in [0.2, 0.25) is 0 Å². The zero-order valence-electron chi connectivity index (χ0n) is 21.1. The maximum absolute atomic E-state index is 12.6. The lowest BCUT2D eigenvalue weighted by atomic mass is 9.86. The van der Waals surface area contributed by atoms with Gasteiger partial charge in [0.2, 0.25) is 0 Å². The number of aromatic nitrogens is 3. The summed E-state index contributed by atoms with van der Waals surface area (Å²) in [6, 6.07) is 11.5. The van der Waals surface area contributed by atoms with Gasteiger partial charge in [-0.3, -0.25) is 14.5 Å². The Kier molecular flexibility index (Phi) is 6.19. The molecule has 4 rings (SSSR count). The van der Waals surface area contributed by atoms with E-state index in [0.29, 0.717) is 30.5 Å². The highest BCUT2D eigenvalue weighted by Gasteiger charge is 2.36. The molecular formula is C27H33N4O2S+. The van der Waals surface area contributed by atoms with Crippen LogP contribution in [0.1, 0.15) is 90.6 Å². The largest absolute Gasteiger partial charge is 0.415 e. The van der Waals surface area contributed by atoms with Crippen LogP contribution in [0, 0.1) is 6.92 Å². The third-order valence-corrected chi connectivity index (χ3v) is 7.01. The van der Waals surface area contributed by atoms with E-state index in [2.05, 4.69) is 75.4 Å². The first kappa shape index (κ1) is 24.2. The normalized spacial score (nSPS) is 14.1. The van der Waals surface area contributed by atoms with Crippen molar-refractivity contribution in [2.45, 2.75) is 72.1 Å². The second-order valence-electron chi connectivity index (χ2n) is 11.0. The van der Waals surface area contributed by atoms with Crippen molar-refractivity contribution in [2.75, 3.05) is 6.54 Å². The van der Waals surface area contributed by atoms with Crippen molar-refractivity contribution >= 4 is 23.2 Å². The molecule has 0 radical (unpaired) electrons. The minimum absolute atomic E-state index is 0.0661. The molecule has 1 aromatic carbocycles. The lowest BCUT2D eigenvalue weighted by molar-refractivity contribution is -0.620. The average molecular weight is 478 g/mol. The molecule has 0 bridgehead atoms. The van der Waals surface area contributed by atoms with E-state index in [-0.39, 0.29) is 22.6 Å². The molecule has 1 aliphatic heterocycles. The number of hydrogen-bond acceptors (Lipinski definition) is 5. The van der Waals surface area contributed by atoms with Crippen LogP contribution in [0.25, 0.3) is 5.13 Å². The zero-order valence-corrected chi connectivity index (χ0v) is 21.9. The zero-order chi connectivity index (χ0) is 24.8. The molecule has 0 saturated carbocycles. The Morgan fingerprint density at radius 1 is 0.882 bits per heavy atom. The van der Waals surface area contributed by atoms with E-state index in [9.17, 15) is 9.59 Å². The van der Waals surface area contributed by atoms with Crippen molar-refractivity contribution in [1.82, 2.24) is 15.1 Å². The van der Waals surface area contributed by atoms with Gasteiger partial charge in [0, 0.05) is 23.8 Å². The molecule has 7 heteroatoms. The first-order valence-corrected chi connectivity index (χ1v) is 12.6. The number of pyridine rings is 1. The van der Waals surface area contributed by atoms with Gasteiger partial charge >= 0.3 is 5.13 Å². The number of benzene rings is 1. The molecule has 2 aromatic heterocycles. The Hall–Kier alpha value is -2.93. The van der Waals surface area contributed by atoms with Gasteiger partial charge < -0.3 is 0 Å². The van der Waals surface area contributed by atoms with Gasteiger partial charge in [0.1, 0.15) is 16.4 Å². The predicted molar refractivity (Wildman–Crippen MR) is 134 cm³/mol. The molecule has 3 aromatic rings. The molecule has 0 fully saturated rings. The maximum atomic E-state index is 12.6. The third kappa shape index (κ3) is 4.53. The van der Waals surface area contributed by atoms with E-state index >= 15 is 0 Å². The summed E-state index contributed by atoms with van der Waals surface area (Å²) in [5, 5.41) is 10.8. The number of hydrogen-bond donors (Lipinski definition) is 0. The summed E-state index contributed by atoms with van der Waals surface area (Å²) in [5.41, 5.74) is 4.48. The van der Waals surface area contributed by atoms with Crippen LogP contribution in [0.3, 0.4) is 0 Å². The molecule has 6 nitrogen and oxygen atoms in total. The van der Waals surface area contributed by atoms with Crippen molar-refractivity contribution < 1.29 is 14.2 Å². The number of rotatable bonds is 5. The topological polar surface area (TPSA) is 67.0 Å². The maximum Gasteiger partial charge on any atom is 0.415 e. The SMILES string of the molecule is Cc1cc(C(C)(C)C)[n+](-c2nnc(CCCN3C(=O)c4ccccc4C3=O)s2)c(C(C)(C)C)c1. The smallest absolute Gasteiger partial charge is 0.274 e. The van der Waals surface area contributed by atoms with Gasteiger partial charge in [-0.1, -0.05) is 53.7 Å². The molecule has 0 saturated heterocycles. The molecule has 0 N–H and O–H groups in total. The Bertz CT molecular complexity index is 1190. The number of imide groups is 1. The highest BCUT2D eigenvalue weighted by molar-refractivity contribution is 7.13. The molecule has 0 aliphatic carbocycles. The Balaban J connectivity index is 1.56. The van der Waals surface area contributed by atoms with Gasteiger partial charge in [-0.15, -0.1) is 0 Å². The standard InChI is InChI=1S/C27H33N4O2S/c1-17-15-20(26(2,3)4)31(21(16-17)27(5,6)7)25-29-28-22(34-25)13-10-14-30-23(32)18-11-8-9-12-19(18)24(30)33/h8-9,11-12,15-16H,10,13-14H2,1-7H3/q+1. The number of fused-ring (bicyclic) bond motifs is 1. The first-order valence-electron chi connectivity index (χ1n) is 11.7. The fourth-order valence-corrected chi connectivity index (χ4v) is 5.22. The van der Waals surface area contributed by atoms with Gasteiger partial charge in [0.15, 0.2) is 0 Å². The fraction of sp³-hybridized carbons (Fsp3) is 0.444. The van der Waals surface area contributed by atoms with Crippen molar-refractivity contribution in [2.24, 2.45) is 0 Å². The third-order valence-electron chi connectivity index (χ3n) is 6.05. The molecule has 34 heavy (non-hydrogen) atoms. The minimum Gasteiger partial charge on any atom is -0.274 e. The van der Waals surface area contributed by atoms with Gasteiger partial charge in [0.05, 0.1) is 16.2 Å². The molecule has 1 aliphatic rings. The second kappa shape index (κ2) is 8.69. The molecule has 178 valence electrons. The highest BCUT2D eigenvalue weighted by Crippen LogP contribution is 2.28.